The number of nitrogens with one attached hydrogen (secondary N) is 1. The Kier molecular flexibility index (Phi) is 10.8. The molecule has 0 heterocycles. The van der Waals surface area contributed by atoms with E-state index in [-0.39, 0.29) is 24.8 Å². The van der Waals surface area contributed by atoms with Crippen molar-refractivity contribution in [2.75, 3.05) is 20.8 Å². The van der Waals surface area contributed by atoms with Crippen LogP contribution in [0.3, 0.4) is 0 Å². The first kappa shape index (κ1) is 29.6. The Morgan fingerprint density at radius 3 is 2.10 bits per heavy atom. The maximum atomic E-state index is 13.7. The predicted octanol–water partition coefficient (Wildman–Crippen LogP) is 5.42. The summed E-state index contributed by atoms with van der Waals surface area (Å²) in [7, 11) is 3.23. The van der Waals surface area contributed by atoms with Crippen LogP contribution in [-0.2, 0) is 22.6 Å². The minimum Gasteiger partial charge on any atom is -0.497 e. The van der Waals surface area contributed by atoms with Gasteiger partial charge in [0.1, 0.15) is 23.3 Å². The Morgan fingerprint density at radius 2 is 1.46 bits per heavy atom. The Labute approximate surface area is 232 Å². The van der Waals surface area contributed by atoms with Gasteiger partial charge in [-0.25, -0.2) is 0 Å². The van der Waals surface area contributed by atoms with Crippen LogP contribution in [0.5, 0.6) is 17.2 Å². The third kappa shape index (κ3) is 9.67. The lowest BCUT2D eigenvalue weighted by atomic mass is 10.00. The Balaban J connectivity index is 1.81. The van der Waals surface area contributed by atoms with Crippen LogP contribution in [0.15, 0.2) is 78.9 Å². The first-order chi connectivity index (χ1) is 18.7. The summed E-state index contributed by atoms with van der Waals surface area (Å²) in [6.45, 7) is 6.48. The average molecular weight is 533 g/mol. The molecule has 0 fully saturated rings. The number of amides is 2. The van der Waals surface area contributed by atoms with Crippen molar-refractivity contribution in [2.24, 2.45) is 0 Å². The fourth-order valence-corrected chi connectivity index (χ4v) is 4.20. The number of methoxy groups -OCH3 is 2. The molecule has 1 unspecified atom stereocenters. The topological polar surface area (TPSA) is 77.1 Å². The van der Waals surface area contributed by atoms with Crippen molar-refractivity contribution >= 4 is 11.8 Å². The molecule has 0 saturated carbocycles. The quantitative estimate of drug-likeness (QED) is 0.298. The summed E-state index contributed by atoms with van der Waals surface area (Å²) < 4.78 is 16.4. The van der Waals surface area contributed by atoms with Crippen LogP contribution < -0.4 is 19.5 Å². The maximum Gasteiger partial charge on any atom is 0.243 e. The monoisotopic (exact) mass is 532 g/mol. The van der Waals surface area contributed by atoms with Crippen LogP contribution in [0.4, 0.5) is 0 Å². The van der Waals surface area contributed by atoms with Crippen molar-refractivity contribution in [1.29, 1.82) is 0 Å². The molecule has 0 aliphatic heterocycles. The van der Waals surface area contributed by atoms with Crippen molar-refractivity contribution in [2.45, 2.75) is 58.2 Å². The van der Waals surface area contributed by atoms with Gasteiger partial charge < -0.3 is 24.4 Å². The largest absolute Gasteiger partial charge is 0.497 e. The number of ether oxygens (including phenoxy) is 3. The molecule has 3 aromatic carbocycles. The molecule has 0 bridgehead atoms. The summed E-state index contributed by atoms with van der Waals surface area (Å²) >= 11 is 0. The average Bonchev–Trinajstić information content (AvgIpc) is 2.93. The van der Waals surface area contributed by atoms with E-state index in [0.29, 0.717) is 30.9 Å². The molecule has 0 aromatic heterocycles. The van der Waals surface area contributed by atoms with E-state index in [0.717, 1.165) is 16.9 Å². The molecule has 0 aliphatic carbocycles. The Morgan fingerprint density at radius 1 is 0.821 bits per heavy atom. The molecule has 3 rings (SSSR count). The van der Waals surface area contributed by atoms with E-state index >= 15 is 0 Å². The molecule has 7 nitrogen and oxygen atoms in total. The first-order valence-corrected chi connectivity index (χ1v) is 13.2. The lowest BCUT2D eigenvalue weighted by Crippen LogP contribution is -2.54. The molecule has 2 amide bonds. The molecular weight excluding hydrogens is 492 g/mol. The van der Waals surface area contributed by atoms with Crippen molar-refractivity contribution < 1.29 is 23.8 Å². The van der Waals surface area contributed by atoms with E-state index in [1.165, 1.54) is 0 Å². The van der Waals surface area contributed by atoms with Crippen LogP contribution in [0.1, 0.15) is 44.7 Å². The van der Waals surface area contributed by atoms with Crippen LogP contribution >= 0.6 is 0 Å². The number of hydrogen-bond acceptors (Lipinski definition) is 5. The van der Waals surface area contributed by atoms with Gasteiger partial charge in [-0.2, -0.15) is 0 Å². The van der Waals surface area contributed by atoms with Gasteiger partial charge in [-0.1, -0.05) is 42.5 Å². The van der Waals surface area contributed by atoms with Gasteiger partial charge in [0.2, 0.25) is 11.8 Å². The summed E-state index contributed by atoms with van der Waals surface area (Å²) in [4.78, 5) is 29.1. The molecule has 1 N–H and O–H groups in total. The maximum absolute atomic E-state index is 13.7. The highest BCUT2D eigenvalue weighted by Gasteiger charge is 2.32. The van der Waals surface area contributed by atoms with E-state index in [4.69, 9.17) is 14.2 Å². The van der Waals surface area contributed by atoms with E-state index in [2.05, 4.69) is 5.32 Å². The summed E-state index contributed by atoms with van der Waals surface area (Å²) in [5.74, 6) is 1.87. The smallest absolute Gasteiger partial charge is 0.243 e. The first-order valence-electron chi connectivity index (χ1n) is 13.2. The number of rotatable bonds is 13. The molecule has 0 radical (unpaired) electrons. The van der Waals surface area contributed by atoms with Crippen LogP contribution in [0, 0.1) is 0 Å². The molecule has 7 heteroatoms. The van der Waals surface area contributed by atoms with E-state index in [9.17, 15) is 9.59 Å². The molecule has 0 saturated heterocycles. The number of carbonyl (C=O) groups is 2. The molecule has 1 atom stereocenters. The van der Waals surface area contributed by atoms with Gasteiger partial charge in [0.25, 0.3) is 0 Å². The highest BCUT2D eigenvalue weighted by atomic mass is 16.5. The normalized spacial score (nSPS) is 11.8. The second kappa shape index (κ2) is 14.2. The number of nitrogens with zero attached hydrogens (tertiary/aromatic N) is 1. The van der Waals surface area contributed by atoms with Crippen LogP contribution in [-0.4, -0.2) is 49.1 Å². The van der Waals surface area contributed by atoms with Crippen molar-refractivity contribution in [3.05, 3.63) is 90.0 Å². The fourth-order valence-electron chi connectivity index (χ4n) is 4.20. The molecule has 0 aliphatic rings. The minimum atomic E-state index is -0.687. The molecule has 208 valence electrons. The van der Waals surface area contributed by atoms with E-state index < -0.39 is 11.6 Å². The predicted molar refractivity (Wildman–Crippen MR) is 153 cm³/mol. The standard InChI is InChI=1S/C32H40N2O5/c1-32(2,3)33-31(36)29(22-24-11-7-6-8-12-24)34(23-25-13-9-14-28(21-25)38-5)30(35)15-10-20-39-27-18-16-26(37-4)17-19-27/h6-9,11-14,16-19,21,29H,10,15,20,22-23H2,1-5H3,(H,33,36). The third-order valence-corrected chi connectivity index (χ3v) is 6.12. The Bertz CT molecular complexity index is 1190. The number of benzene rings is 3. The summed E-state index contributed by atoms with van der Waals surface area (Å²) in [6.07, 6.45) is 1.16. The van der Waals surface area contributed by atoms with Gasteiger partial charge in [0.15, 0.2) is 0 Å². The molecule has 0 spiro atoms. The highest BCUT2D eigenvalue weighted by Crippen LogP contribution is 2.21. The minimum absolute atomic E-state index is 0.110. The third-order valence-electron chi connectivity index (χ3n) is 6.12. The van der Waals surface area contributed by atoms with Gasteiger partial charge in [0.05, 0.1) is 20.8 Å². The van der Waals surface area contributed by atoms with Gasteiger partial charge in [0, 0.05) is 24.9 Å². The zero-order valence-electron chi connectivity index (χ0n) is 23.6. The SMILES string of the molecule is COc1ccc(OCCCC(=O)N(Cc2cccc(OC)c2)C(Cc2ccccc2)C(=O)NC(C)(C)C)cc1. The zero-order valence-corrected chi connectivity index (χ0v) is 23.6. The highest BCUT2D eigenvalue weighted by molar-refractivity contribution is 5.88. The number of carbonyl (C=O) groups excluding carboxylic acids is 2. The van der Waals surface area contributed by atoms with Crippen molar-refractivity contribution in [3.8, 4) is 17.2 Å². The molecule has 3 aromatic rings. The lowest BCUT2D eigenvalue weighted by Gasteiger charge is -2.34. The van der Waals surface area contributed by atoms with Gasteiger partial charge in [-0.15, -0.1) is 0 Å². The van der Waals surface area contributed by atoms with Crippen LogP contribution in [0.25, 0.3) is 0 Å². The fraction of sp³-hybridized carbons (Fsp3) is 0.375. The van der Waals surface area contributed by atoms with Crippen molar-refractivity contribution in [3.63, 3.8) is 0 Å². The molecular formula is C32H40N2O5. The van der Waals surface area contributed by atoms with Gasteiger partial charge in [-0.3, -0.25) is 9.59 Å². The van der Waals surface area contributed by atoms with Gasteiger partial charge in [-0.05, 0) is 74.7 Å². The lowest BCUT2D eigenvalue weighted by molar-refractivity contribution is -0.142. The summed E-state index contributed by atoms with van der Waals surface area (Å²) in [5.41, 5.74) is 1.43. The zero-order chi connectivity index (χ0) is 28.3. The second-order valence-electron chi connectivity index (χ2n) is 10.4. The summed E-state index contributed by atoms with van der Waals surface area (Å²) in [6, 6.07) is 24.0. The molecule has 39 heavy (non-hydrogen) atoms. The Hall–Kier alpha value is -4.00. The van der Waals surface area contributed by atoms with E-state index in [1.807, 2.05) is 99.6 Å². The second-order valence-corrected chi connectivity index (χ2v) is 10.4. The van der Waals surface area contributed by atoms with Gasteiger partial charge >= 0.3 is 0 Å². The number of hydrogen-bond donors (Lipinski definition) is 1. The van der Waals surface area contributed by atoms with Crippen LogP contribution in [0.2, 0.25) is 0 Å². The van der Waals surface area contributed by atoms with Crippen molar-refractivity contribution in [1.82, 2.24) is 10.2 Å². The van der Waals surface area contributed by atoms with E-state index in [1.54, 1.807) is 19.1 Å². The summed E-state index contributed by atoms with van der Waals surface area (Å²) in [5, 5.41) is 3.09.